The molecule has 1 aromatic rings. The van der Waals surface area contributed by atoms with Crippen LogP contribution in [0.5, 0.6) is 0 Å². The summed E-state index contributed by atoms with van der Waals surface area (Å²) in [6.07, 6.45) is 3.64. The summed E-state index contributed by atoms with van der Waals surface area (Å²) in [5.41, 5.74) is 1.26. The minimum Gasteiger partial charge on any atom is -0.352 e. The number of rotatable bonds is 6. The Morgan fingerprint density at radius 1 is 1.35 bits per heavy atom. The molecule has 0 aromatic carbocycles. The fourth-order valence-corrected chi connectivity index (χ4v) is 2.61. The fraction of sp³-hybridized carbons (Fsp3) is 0.429. The van der Waals surface area contributed by atoms with E-state index in [0.717, 1.165) is 24.4 Å². The average molecular weight is 315 g/mol. The van der Waals surface area contributed by atoms with Gasteiger partial charge in [-0.25, -0.2) is 0 Å². The molecule has 0 saturated heterocycles. The summed E-state index contributed by atoms with van der Waals surface area (Å²) in [4.78, 5) is 24.1. The third kappa shape index (κ3) is 5.45. The van der Waals surface area contributed by atoms with Crippen molar-refractivity contribution in [1.82, 2.24) is 10.6 Å². The van der Waals surface area contributed by atoms with Crippen LogP contribution in [0.15, 0.2) is 29.2 Å². The van der Waals surface area contributed by atoms with Crippen molar-refractivity contribution in [1.29, 1.82) is 0 Å². The lowest BCUT2D eigenvalue weighted by Crippen LogP contribution is -2.29. The number of amides is 1. The Morgan fingerprint density at radius 2 is 2.20 bits per heavy atom. The van der Waals surface area contributed by atoms with E-state index in [2.05, 4.69) is 16.7 Å². The predicted molar refractivity (Wildman–Crippen MR) is 83.7 cm³/mol. The molecule has 6 heteroatoms. The molecule has 20 heavy (non-hydrogen) atoms. The van der Waals surface area contributed by atoms with Crippen molar-refractivity contribution in [2.75, 3.05) is 19.6 Å². The van der Waals surface area contributed by atoms with Gasteiger partial charge in [0.25, 0.3) is 0 Å². The Balaban J connectivity index is 0.00000200. The molecule has 0 saturated carbocycles. The first kappa shape index (κ1) is 16.9. The number of ketones is 1. The minimum absolute atomic E-state index is 0. The van der Waals surface area contributed by atoms with E-state index in [-0.39, 0.29) is 36.9 Å². The second kappa shape index (κ2) is 8.89. The molecule has 0 atom stereocenters. The molecule has 0 aliphatic carbocycles. The lowest BCUT2D eigenvalue weighted by molar-refractivity contribution is -0.120. The standard InChI is InChI=1S/C14H18N2O2S.ClH/c17-12(13-2-1-9-19-13)3-4-14(18)16-10-11-5-7-15-8-6-11;/h1-2,5,9,15H,3-4,6-8,10H2,(H,16,18);1H. The first-order valence-corrected chi connectivity index (χ1v) is 7.35. The fourth-order valence-electron chi connectivity index (χ4n) is 1.92. The Kier molecular flexibility index (Phi) is 7.51. The van der Waals surface area contributed by atoms with Gasteiger partial charge in [-0.3, -0.25) is 9.59 Å². The third-order valence-corrected chi connectivity index (χ3v) is 3.96. The summed E-state index contributed by atoms with van der Waals surface area (Å²) in [6, 6.07) is 3.65. The van der Waals surface area contributed by atoms with E-state index >= 15 is 0 Å². The number of Topliss-reactive ketones (excluding diaryl/α,β-unsaturated/α-hetero) is 1. The zero-order chi connectivity index (χ0) is 13.5. The average Bonchev–Trinajstić information content (AvgIpc) is 2.98. The third-order valence-electron chi connectivity index (χ3n) is 3.05. The van der Waals surface area contributed by atoms with Crippen LogP contribution >= 0.6 is 23.7 Å². The Morgan fingerprint density at radius 3 is 2.85 bits per heavy atom. The van der Waals surface area contributed by atoms with E-state index in [9.17, 15) is 9.59 Å². The van der Waals surface area contributed by atoms with Crippen molar-refractivity contribution in [2.24, 2.45) is 0 Å². The van der Waals surface area contributed by atoms with Crippen LogP contribution in [0.2, 0.25) is 0 Å². The van der Waals surface area contributed by atoms with Gasteiger partial charge >= 0.3 is 0 Å². The molecule has 0 radical (unpaired) electrons. The topological polar surface area (TPSA) is 58.2 Å². The van der Waals surface area contributed by atoms with E-state index in [1.165, 1.54) is 16.9 Å². The maximum absolute atomic E-state index is 11.7. The highest BCUT2D eigenvalue weighted by atomic mass is 35.5. The minimum atomic E-state index is -0.0515. The van der Waals surface area contributed by atoms with Crippen LogP contribution in [0, 0.1) is 0 Å². The molecule has 1 aliphatic rings. The van der Waals surface area contributed by atoms with Crippen molar-refractivity contribution >= 4 is 35.4 Å². The van der Waals surface area contributed by atoms with Gasteiger partial charge in [-0.05, 0) is 24.4 Å². The highest BCUT2D eigenvalue weighted by Gasteiger charge is 2.10. The van der Waals surface area contributed by atoms with Crippen molar-refractivity contribution in [2.45, 2.75) is 19.3 Å². The van der Waals surface area contributed by atoms with Crippen LogP contribution in [-0.4, -0.2) is 31.3 Å². The number of thiophene rings is 1. The van der Waals surface area contributed by atoms with Gasteiger partial charge < -0.3 is 10.6 Å². The molecule has 1 aliphatic heterocycles. The van der Waals surface area contributed by atoms with Gasteiger partial charge in [0.1, 0.15) is 0 Å². The highest BCUT2D eigenvalue weighted by molar-refractivity contribution is 7.12. The van der Waals surface area contributed by atoms with Crippen molar-refractivity contribution < 1.29 is 9.59 Å². The van der Waals surface area contributed by atoms with Crippen molar-refractivity contribution in [3.8, 4) is 0 Å². The Hall–Kier alpha value is -1.17. The maximum atomic E-state index is 11.7. The second-order valence-corrected chi connectivity index (χ2v) is 5.44. The Bertz CT molecular complexity index is 472. The van der Waals surface area contributed by atoms with Gasteiger partial charge in [0.05, 0.1) is 4.88 Å². The first-order valence-electron chi connectivity index (χ1n) is 6.48. The molecule has 0 fully saturated rings. The van der Waals surface area contributed by atoms with Gasteiger partial charge in [-0.1, -0.05) is 17.7 Å². The molecule has 0 spiro atoms. The number of hydrogen-bond acceptors (Lipinski definition) is 4. The van der Waals surface area contributed by atoms with Crippen LogP contribution in [-0.2, 0) is 4.79 Å². The number of hydrogen-bond donors (Lipinski definition) is 2. The normalized spacial score (nSPS) is 14.1. The number of carbonyl (C=O) groups excluding carboxylic acids is 2. The maximum Gasteiger partial charge on any atom is 0.220 e. The Labute approximate surface area is 129 Å². The summed E-state index contributed by atoms with van der Waals surface area (Å²) in [5.74, 6) is -0.00410. The molecule has 0 bridgehead atoms. The SMILES string of the molecule is Cl.O=C(CCC(=O)c1cccs1)NCC1=CCNCC1. The van der Waals surface area contributed by atoms with E-state index in [1.807, 2.05) is 11.4 Å². The van der Waals surface area contributed by atoms with E-state index in [1.54, 1.807) is 6.07 Å². The molecule has 1 aromatic heterocycles. The van der Waals surface area contributed by atoms with Crippen molar-refractivity contribution in [3.05, 3.63) is 34.0 Å². The zero-order valence-electron chi connectivity index (χ0n) is 11.2. The summed E-state index contributed by atoms with van der Waals surface area (Å²) >= 11 is 1.42. The molecule has 110 valence electrons. The van der Waals surface area contributed by atoms with Gasteiger partial charge in [-0.2, -0.15) is 0 Å². The summed E-state index contributed by atoms with van der Waals surface area (Å²) in [7, 11) is 0. The molecule has 2 N–H and O–H groups in total. The monoisotopic (exact) mass is 314 g/mol. The second-order valence-electron chi connectivity index (χ2n) is 4.49. The van der Waals surface area contributed by atoms with Crippen molar-refractivity contribution in [3.63, 3.8) is 0 Å². The highest BCUT2D eigenvalue weighted by Crippen LogP contribution is 2.12. The summed E-state index contributed by atoms with van der Waals surface area (Å²) in [5, 5.41) is 7.97. The summed E-state index contributed by atoms with van der Waals surface area (Å²) < 4.78 is 0. The lowest BCUT2D eigenvalue weighted by Gasteiger charge is -2.14. The van der Waals surface area contributed by atoms with Crippen LogP contribution in [0.1, 0.15) is 28.9 Å². The quantitative estimate of drug-likeness (QED) is 0.625. The van der Waals surface area contributed by atoms with Gasteiger partial charge in [0, 0.05) is 25.9 Å². The summed E-state index contributed by atoms with van der Waals surface area (Å²) in [6.45, 7) is 2.45. The number of nitrogens with one attached hydrogen (secondary N) is 2. The molecule has 1 amide bonds. The molecular weight excluding hydrogens is 296 g/mol. The first-order chi connectivity index (χ1) is 9.25. The molecule has 2 heterocycles. The van der Waals surface area contributed by atoms with Crippen LogP contribution in [0.25, 0.3) is 0 Å². The molecule has 0 unspecified atom stereocenters. The van der Waals surface area contributed by atoms with Crippen LogP contribution < -0.4 is 10.6 Å². The van der Waals surface area contributed by atoms with E-state index < -0.39 is 0 Å². The van der Waals surface area contributed by atoms with Crippen LogP contribution in [0.3, 0.4) is 0 Å². The molecular formula is C14H19ClN2O2S. The van der Waals surface area contributed by atoms with Gasteiger partial charge in [0.15, 0.2) is 5.78 Å². The molecule has 4 nitrogen and oxygen atoms in total. The lowest BCUT2D eigenvalue weighted by atomic mass is 10.1. The van der Waals surface area contributed by atoms with Gasteiger partial charge in [0.2, 0.25) is 5.91 Å². The van der Waals surface area contributed by atoms with E-state index in [4.69, 9.17) is 0 Å². The number of carbonyl (C=O) groups is 2. The number of halogens is 1. The zero-order valence-corrected chi connectivity index (χ0v) is 12.8. The van der Waals surface area contributed by atoms with E-state index in [0.29, 0.717) is 6.54 Å². The smallest absolute Gasteiger partial charge is 0.220 e. The largest absolute Gasteiger partial charge is 0.352 e. The molecule has 2 rings (SSSR count). The van der Waals surface area contributed by atoms with Crippen LogP contribution in [0.4, 0.5) is 0 Å². The predicted octanol–water partition coefficient (Wildman–Crippen LogP) is 2.17. The van der Waals surface area contributed by atoms with Gasteiger partial charge in [-0.15, -0.1) is 23.7 Å².